The van der Waals surface area contributed by atoms with E-state index in [1.54, 1.807) is 36.1 Å². The lowest BCUT2D eigenvalue weighted by atomic mass is 10.1. The van der Waals surface area contributed by atoms with Crippen LogP contribution in [0.4, 0.5) is 0 Å². The van der Waals surface area contributed by atoms with Crippen molar-refractivity contribution in [3.05, 3.63) is 65.6 Å². The molecule has 27 heavy (non-hydrogen) atoms. The maximum absolute atomic E-state index is 12.9. The molecule has 0 bridgehead atoms. The number of benzene rings is 1. The van der Waals surface area contributed by atoms with Crippen molar-refractivity contribution in [3.63, 3.8) is 0 Å². The molecule has 0 unspecified atom stereocenters. The average Bonchev–Trinajstić information content (AvgIpc) is 3.03. The molecule has 0 saturated carbocycles. The minimum absolute atomic E-state index is 0.117. The van der Waals surface area contributed by atoms with Crippen LogP contribution < -0.4 is 9.46 Å². The predicted octanol–water partition coefficient (Wildman–Crippen LogP) is 2.93. The summed E-state index contributed by atoms with van der Waals surface area (Å²) in [5.74, 6) is 0.984. The van der Waals surface area contributed by atoms with E-state index < -0.39 is 16.1 Å². The summed E-state index contributed by atoms with van der Waals surface area (Å²) < 4.78 is 35.4. The molecular formula is C19H22N4O3S. The highest BCUT2D eigenvalue weighted by atomic mass is 32.2. The van der Waals surface area contributed by atoms with Crippen molar-refractivity contribution in [1.29, 1.82) is 0 Å². The van der Waals surface area contributed by atoms with Gasteiger partial charge in [-0.2, -0.15) is 5.10 Å². The lowest BCUT2D eigenvalue weighted by Crippen LogP contribution is -2.27. The molecule has 3 aromatic rings. The van der Waals surface area contributed by atoms with Crippen LogP contribution in [-0.4, -0.2) is 30.3 Å². The maximum atomic E-state index is 12.9. The summed E-state index contributed by atoms with van der Waals surface area (Å²) >= 11 is 0. The molecule has 2 heterocycles. The Bertz CT molecular complexity index is 1050. The van der Waals surface area contributed by atoms with Crippen molar-refractivity contribution < 1.29 is 13.2 Å². The first-order valence-corrected chi connectivity index (χ1v) is 9.94. The van der Waals surface area contributed by atoms with Crippen LogP contribution in [0.15, 0.2) is 53.7 Å². The van der Waals surface area contributed by atoms with Gasteiger partial charge in [-0.05, 0) is 50.6 Å². The molecule has 3 rings (SSSR count). The number of aromatic nitrogens is 3. The molecule has 142 valence electrons. The second-order valence-electron chi connectivity index (χ2n) is 6.28. The zero-order valence-electron chi connectivity index (χ0n) is 15.7. The minimum atomic E-state index is -3.77. The monoisotopic (exact) mass is 386 g/mol. The number of hydrogen-bond donors (Lipinski definition) is 1. The highest BCUT2D eigenvalue weighted by Crippen LogP contribution is 2.27. The zero-order chi connectivity index (χ0) is 19.6. The third-order valence-corrected chi connectivity index (χ3v) is 5.88. The number of methoxy groups -OCH3 is 1. The van der Waals surface area contributed by atoms with Crippen LogP contribution in [0.5, 0.6) is 5.75 Å². The predicted molar refractivity (Wildman–Crippen MR) is 103 cm³/mol. The molecule has 1 atom stereocenters. The number of ether oxygens (including phenoxy) is 1. The molecule has 8 heteroatoms. The summed E-state index contributed by atoms with van der Waals surface area (Å²) in [7, 11) is -2.32. The van der Waals surface area contributed by atoms with Crippen LogP contribution in [0.25, 0.3) is 5.82 Å². The third-order valence-electron chi connectivity index (χ3n) is 4.32. The quantitative estimate of drug-likeness (QED) is 0.704. The van der Waals surface area contributed by atoms with E-state index in [9.17, 15) is 8.42 Å². The fourth-order valence-electron chi connectivity index (χ4n) is 2.91. The molecular weight excluding hydrogens is 364 g/mol. The number of hydrogen-bond acceptors (Lipinski definition) is 5. The first kappa shape index (κ1) is 19.1. The van der Waals surface area contributed by atoms with Crippen LogP contribution in [0, 0.1) is 13.8 Å². The Morgan fingerprint density at radius 1 is 1.19 bits per heavy atom. The van der Waals surface area contributed by atoms with Gasteiger partial charge in [0.1, 0.15) is 10.6 Å². The van der Waals surface area contributed by atoms with E-state index >= 15 is 0 Å². The van der Waals surface area contributed by atoms with Gasteiger partial charge in [0.25, 0.3) is 0 Å². The molecule has 1 aromatic carbocycles. The average molecular weight is 386 g/mol. The van der Waals surface area contributed by atoms with Gasteiger partial charge in [-0.1, -0.05) is 12.1 Å². The normalized spacial score (nSPS) is 12.7. The van der Waals surface area contributed by atoms with Gasteiger partial charge in [-0.15, -0.1) is 0 Å². The van der Waals surface area contributed by atoms with Crippen molar-refractivity contribution in [2.45, 2.75) is 31.7 Å². The fraction of sp³-hybridized carbons (Fsp3) is 0.263. The number of nitrogens with zero attached hydrogens (tertiary/aromatic N) is 3. The summed E-state index contributed by atoms with van der Waals surface area (Å²) in [5, 5.41) is 4.35. The molecule has 7 nitrogen and oxygen atoms in total. The van der Waals surface area contributed by atoms with Crippen LogP contribution in [0.3, 0.4) is 0 Å². The highest BCUT2D eigenvalue weighted by Gasteiger charge is 2.24. The number of nitrogens with one attached hydrogen (secondary N) is 1. The molecule has 0 aliphatic rings. The number of rotatable bonds is 6. The molecule has 0 aliphatic carbocycles. The molecule has 0 saturated heterocycles. The first-order valence-electron chi connectivity index (χ1n) is 8.46. The van der Waals surface area contributed by atoms with Crippen molar-refractivity contribution in [1.82, 2.24) is 19.5 Å². The van der Waals surface area contributed by atoms with Gasteiger partial charge in [0, 0.05) is 23.5 Å². The Hall–Kier alpha value is -2.71. The standard InChI is InChI=1S/C19H22N4O3S/c1-13-8-9-17(26-4)18(11-13)27(24,25)22-14(2)16-12-21-23(15(16)3)19-7-5-6-10-20-19/h5-12,14,22H,1-4H3/t14-/m1/s1. The Morgan fingerprint density at radius 2 is 1.96 bits per heavy atom. The summed E-state index contributed by atoms with van der Waals surface area (Å²) in [5.41, 5.74) is 2.43. The Balaban J connectivity index is 1.91. The molecule has 2 aromatic heterocycles. The Morgan fingerprint density at radius 3 is 2.63 bits per heavy atom. The number of sulfonamides is 1. The van der Waals surface area contributed by atoms with E-state index in [1.807, 2.05) is 38.1 Å². The van der Waals surface area contributed by atoms with Crippen molar-refractivity contribution >= 4 is 10.0 Å². The van der Waals surface area contributed by atoms with Gasteiger partial charge in [0.05, 0.1) is 13.3 Å². The Kier molecular flexibility index (Phi) is 5.29. The smallest absolute Gasteiger partial charge is 0.244 e. The molecule has 0 spiro atoms. The van der Waals surface area contributed by atoms with Crippen LogP contribution in [0.1, 0.15) is 29.8 Å². The second-order valence-corrected chi connectivity index (χ2v) is 7.96. The topological polar surface area (TPSA) is 86.1 Å². The molecule has 0 fully saturated rings. The van der Waals surface area contributed by atoms with E-state index in [0.29, 0.717) is 11.6 Å². The summed E-state index contributed by atoms with van der Waals surface area (Å²) in [4.78, 5) is 4.40. The van der Waals surface area contributed by atoms with Gasteiger partial charge >= 0.3 is 0 Å². The van der Waals surface area contributed by atoms with E-state index in [0.717, 1.165) is 16.8 Å². The summed E-state index contributed by atoms with van der Waals surface area (Å²) in [6.07, 6.45) is 3.34. The van der Waals surface area contributed by atoms with Crippen LogP contribution >= 0.6 is 0 Å². The Labute approximate surface area is 159 Å². The molecule has 1 N–H and O–H groups in total. The van der Waals surface area contributed by atoms with Gasteiger partial charge in [0.15, 0.2) is 5.82 Å². The third kappa shape index (κ3) is 3.86. The lowest BCUT2D eigenvalue weighted by Gasteiger charge is -2.16. The SMILES string of the molecule is COc1ccc(C)cc1S(=O)(=O)N[C@H](C)c1cnn(-c2ccccn2)c1C. The highest BCUT2D eigenvalue weighted by molar-refractivity contribution is 7.89. The molecule has 0 amide bonds. The van der Waals surface area contributed by atoms with Crippen LogP contribution in [-0.2, 0) is 10.0 Å². The largest absolute Gasteiger partial charge is 0.495 e. The van der Waals surface area contributed by atoms with E-state index in [1.165, 1.54) is 7.11 Å². The first-order chi connectivity index (χ1) is 12.8. The maximum Gasteiger partial charge on any atom is 0.244 e. The van der Waals surface area contributed by atoms with Gasteiger partial charge in [-0.3, -0.25) is 0 Å². The number of pyridine rings is 1. The van der Waals surface area contributed by atoms with E-state index in [-0.39, 0.29) is 4.90 Å². The molecule has 0 aliphatic heterocycles. The molecule has 0 radical (unpaired) electrons. The minimum Gasteiger partial charge on any atom is -0.495 e. The van der Waals surface area contributed by atoms with Crippen molar-refractivity contribution in [3.8, 4) is 11.6 Å². The number of aryl methyl sites for hydroxylation is 1. The summed E-state index contributed by atoms with van der Waals surface area (Å²) in [6, 6.07) is 10.1. The van der Waals surface area contributed by atoms with Crippen molar-refractivity contribution in [2.75, 3.05) is 7.11 Å². The van der Waals surface area contributed by atoms with Crippen molar-refractivity contribution in [2.24, 2.45) is 0 Å². The van der Waals surface area contributed by atoms with E-state index in [2.05, 4.69) is 14.8 Å². The summed E-state index contributed by atoms with van der Waals surface area (Å²) in [6.45, 7) is 5.50. The zero-order valence-corrected chi connectivity index (χ0v) is 16.5. The van der Waals surface area contributed by atoms with Gasteiger partial charge < -0.3 is 4.74 Å². The van der Waals surface area contributed by atoms with E-state index in [4.69, 9.17) is 4.74 Å². The van der Waals surface area contributed by atoms with Crippen LogP contribution in [0.2, 0.25) is 0 Å². The lowest BCUT2D eigenvalue weighted by molar-refractivity contribution is 0.402. The fourth-order valence-corrected chi connectivity index (χ4v) is 4.39. The van der Waals surface area contributed by atoms with Gasteiger partial charge in [0.2, 0.25) is 10.0 Å². The second kappa shape index (κ2) is 7.50. The van der Waals surface area contributed by atoms with Gasteiger partial charge in [-0.25, -0.2) is 22.8 Å².